The van der Waals surface area contributed by atoms with Crippen LogP contribution in [0, 0.1) is 0 Å². The summed E-state index contributed by atoms with van der Waals surface area (Å²) >= 11 is 0. The molecule has 0 bridgehead atoms. The molecule has 4 rings (SSSR count). The summed E-state index contributed by atoms with van der Waals surface area (Å²) in [6.45, 7) is 3.77. The molecule has 0 aromatic carbocycles. The molecule has 0 saturated carbocycles. The van der Waals surface area contributed by atoms with Crippen LogP contribution in [0.25, 0.3) is 0 Å². The Bertz CT molecular complexity index is 457. The number of carbonyl (C=O) groups is 1. The van der Waals surface area contributed by atoms with Gasteiger partial charge in [-0.15, -0.1) is 0 Å². The van der Waals surface area contributed by atoms with Gasteiger partial charge in [-0.25, -0.2) is 0 Å². The minimum atomic E-state index is -1.32. The van der Waals surface area contributed by atoms with Crippen molar-refractivity contribution in [1.82, 2.24) is 9.80 Å². The van der Waals surface area contributed by atoms with Gasteiger partial charge in [-0.05, 0) is 64.5 Å². The van der Waals surface area contributed by atoms with E-state index in [0.717, 1.165) is 39.0 Å². The number of nitrogens with zero attached hydrogens (tertiary/aromatic N) is 2. The number of Topliss-reactive ketones (excluding diaryl/α,β-unsaturated/α-hetero) is 1. The van der Waals surface area contributed by atoms with Crippen LogP contribution in [0.5, 0.6) is 0 Å². The van der Waals surface area contributed by atoms with Crippen LogP contribution in [0.4, 0.5) is 0 Å². The van der Waals surface area contributed by atoms with E-state index in [9.17, 15) is 15.0 Å². The molecule has 4 aliphatic heterocycles. The standard InChI is InChI=1S/C19H32N2O3/c22-17(18(23)7-11-20-9-3-1-5-15(20)13-18)19(24)8-12-21-10-4-2-6-16(21)14-19/h15-16,23-24H,1-14H2. The zero-order chi connectivity index (χ0) is 16.8. The largest absolute Gasteiger partial charge is 0.382 e. The molecule has 0 aromatic heterocycles. The van der Waals surface area contributed by atoms with Crippen LogP contribution in [0.3, 0.4) is 0 Å². The summed E-state index contributed by atoms with van der Waals surface area (Å²) in [5.74, 6) is -0.273. The highest BCUT2D eigenvalue weighted by Crippen LogP contribution is 2.40. The van der Waals surface area contributed by atoms with E-state index in [0.29, 0.717) is 37.8 Å². The minimum Gasteiger partial charge on any atom is -0.382 e. The van der Waals surface area contributed by atoms with Crippen molar-refractivity contribution in [2.75, 3.05) is 26.2 Å². The number of hydrogen-bond donors (Lipinski definition) is 2. The molecule has 136 valence electrons. The molecule has 0 radical (unpaired) electrons. The third-order valence-electron chi connectivity index (χ3n) is 7.12. The van der Waals surface area contributed by atoms with Gasteiger partial charge in [-0.1, -0.05) is 12.8 Å². The summed E-state index contributed by atoms with van der Waals surface area (Å²) < 4.78 is 0. The van der Waals surface area contributed by atoms with Gasteiger partial charge in [-0.3, -0.25) is 4.79 Å². The molecule has 0 aromatic rings. The zero-order valence-corrected chi connectivity index (χ0v) is 14.8. The number of aliphatic hydroxyl groups is 2. The fourth-order valence-electron chi connectivity index (χ4n) is 5.66. The van der Waals surface area contributed by atoms with Gasteiger partial charge in [0.05, 0.1) is 0 Å². The molecule has 4 unspecified atom stereocenters. The van der Waals surface area contributed by atoms with E-state index < -0.39 is 11.2 Å². The lowest BCUT2D eigenvalue weighted by Gasteiger charge is -2.50. The molecule has 5 heteroatoms. The summed E-state index contributed by atoms with van der Waals surface area (Å²) in [6, 6.07) is 0.639. The number of hydrogen-bond acceptors (Lipinski definition) is 5. The van der Waals surface area contributed by atoms with Gasteiger partial charge in [0, 0.05) is 25.2 Å². The molecule has 0 amide bonds. The zero-order valence-electron chi connectivity index (χ0n) is 14.8. The fourth-order valence-corrected chi connectivity index (χ4v) is 5.66. The fraction of sp³-hybridized carbons (Fsp3) is 0.947. The van der Waals surface area contributed by atoms with E-state index in [1.807, 2.05) is 0 Å². The van der Waals surface area contributed by atoms with E-state index >= 15 is 0 Å². The lowest BCUT2D eigenvalue weighted by Crippen LogP contribution is -2.64. The predicted octanol–water partition coefficient (Wildman–Crippen LogP) is 1.31. The molecule has 4 fully saturated rings. The van der Waals surface area contributed by atoms with Crippen LogP contribution in [0.15, 0.2) is 0 Å². The molecular weight excluding hydrogens is 304 g/mol. The van der Waals surface area contributed by atoms with E-state index in [1.165, 1.54) is 25.7 Å². The van der Waals surface area contributed by atoms with Crippen molar-refractivity contribution in [1.29, 1.82) is 0 Å². The Morgan fingerprint density at radius 1 is 0.750 bits per heavy atom. The lowest BCUT2D eigenvalue weighted by molar-refractivity contribution is -0.172. The number of piperidine rings is 4. The highest BCUT2D eigenvalue weighted by molar-refractivity contribution is 5.94. The topological polar surface area (TPSA) is 64.0 Å². The summed E-state index contributed by atoms with van der Waals surface area (Å²) in [6.07, 6.45) is 8.98. The highest BCUT2D eigenvalue weighted by atomic mass is 16.3. The average Bonchev–Trinajstić information content (AvgIpc) is 2.61. The first-order valence-corrected chi connectivity index (χ1v) is 9.98. The molecule has 0 aliphatic carbocycles. The summed E-state index contributed by atoms with van der Waals surface area (Å²) in [5, 5.41) is 22.3. The molecule has 0 spiro atoms. The van der Waals surface area contributed by atoms with Gasteiger partial charge >= 0.3 is 0 Å². The van der Waals surface area contributed by atoms with Crippen LogP contribution in [-0.2, 0) is 4.79 Å². The van der Waals surface area contributed by atoms with E-state index in [4.69, 9.17) is 0 Å². The van der Waals surface area contributed by atoms with Crippen molar-refractivity contribution in [3.8, 4) is 0 Å². The van der Waals surface area contributed by atoms with Gasteiger partial charge in [0.25, 0.3) is 0 Å². The molecule has 4 aliphatic rings. The highest BCUT2D eigenvalue weighted by Gasteiger charge is 2.54. The smallest absolute Gasteiger partial charge is 0.195 e. The summed E-state index contributed by atoms with van der Waals surface area (Å²) in [4.78, 5) is 18.1. The average molecular weight is 336 g/mol. The third kappa shape index (κ3) is 2.94. The molecule has 4 heterocycles. The molecule has 4 saturated heterocycles. The number of fused-ring (bicyclic) bond motifs is 2. The summed E-state index contributed by atoms with van der Waals surface area (Å²) in [7, 11) is 0. The maximum atomic E-state index is 13.2. The predicted molar refractivity (Wildman–Crippen MR) is 91.8 cm³/mol. The van der Waals surface area contributed by atoms with Crippen molar-refractivity contribution < 1.29 is 15.0 Å². The van der Waals surface area contributed by atoms with Gasteiger partial charge < -0.3 is 20.0 Å². The lowest BCUT2D eigenvalue weighted by atomic mass is 9.70. The van der Waals surface area contributed by atoms with Crippen molar-refractivity contribution in [2.45, 2.75) is 87.5 Å². The Hall–Kier alpha value is -0.490. The second kappa shape index (κ2) is 6.35. The summed E-state index contributed by atoms with van der Waals surface area (Å²) in [5.41, 5.74) is -2.63. The Morgan fingerprint density at radius 2 is 1.21 bits per heavy atom. The van der Waals surface area contributed by atoms with Gasteiger partial charge in [0.1, 0.15) is 11.2 Å². The first-order chi connectivity index (χ1) is 11.5. The van der Waals surface area contributed by atoms with E-state index in [1.54, 1.807) is 0 Å². The van der Waals surface area contributed by atoms with Crippen LogP contribution < -0.4 is 0 Å². The van der Waals surface area contributed by atoms with Crippen molar-refractivity contribution >= 4 is 5.78 Å². The number of ketones is 1. The van der Waals surface area contributed by atoms with Gasteiger partial charge in [0.15, 0.2) is 5.78 Å². The maximum Gasteiger partial charge on any atom is 0.195 e. The quantitative estimate of drug-likeness (QED) is 0.796. The first-order valence-electron chi connectivity index (χ1n) is 9.98. The Kier molecular flexibility index (Phi) is 4.48. The Labute approximate surface area is 145 Å². The number of carbonyl (C=O) groups excluding carboxylic acids is 1. The van der Waals surface area contributed by atoms with Crippen molar-refractivity contribution in [3.63, 3.8) is 0 Å². The van der Waals surface area contributed by atoms with Gasteiger partial charge in [0.2, 0.25) is 0 Å². The van der Waals surface area contributed by atoms with Crippen LogP contribution in [-0.4, -0.2) is 75.3 Å². The number of rotatable bonds is 2. The molecule has 4 atom stereocenters. The normalized spacial score (nSPS) is 44.6. The van der Waals surface area contributed by atoms with Crippen molar-refractivity contribution in [3.05, 3.63) is 0 Å². The minimum absolute atomic E-state index is 0.273. The monoisotopic (exact) mass is 336 g/mol. The third-order valence-corrected chi connectivity index (χ3v) is 7.12. The van der Waals surface area contributed by atoms with Gasteiger partial charge in [-0.2, -0.15) is 0 Å². The Morgan fingerprint density at radius 3 is 1.67 bits per heavy atom. The van der Waals surface area contributed by atoms with E-state index in [-0.39, 0.29) is 5.78 Å². The van der Waals surface area contributed by atoms with Crippen LogP contribution in [0.2, 0.25) is 0 Å². The molecule has 2 N–H and O–H groups in total. The first kappa shape index (κ1) is 17.0. The van der Waals surface area contributed by atoms with Crippen LogP contribution in [0.1, 0.15) is 64.2 Å². The second-order valence-electron chi connectivity index (χ2n) is 8.67. The van der Waals surface area contributed by atoms with Crippen molar-refractivity contribution in [2.24, 2.45) is 0 Å². The van der Waals surface area contributed by atoms with E-state index in [2.05, 4.69) is 9.80 Å². The molecular formula is C19H32N2O3. The Balaban J connectivity index is 1.47. The maximum absolute atomic E-state index is 13.2. The van der Waals surface area contributed by atoms with Crippen LogP contribution >= 0.6 is 0 Å². The molecule has 5 nitrogen and oxygen atoms in total. The molecule has 24 heavy (non-hydrogen) atoms. The SMILES string of the molecule is O=C(C1(O)CCN2CCCCC2C1)C1(O)CCN2CCCCC2C1. The second-order valence-corrected chi connectivity index (χ2v) is 8.67.